The first-order valence-corrected chi connectivity index (χ1v) is 5.90. The third kappa shape index (κ3) is 2.12. The van der Waals surface area contributed by atoms with Crippen molar-refractivity contribution >= 4 is 10.8 Å². The van der Waals surface area contributed by atoms with Crippen LogP contribution >= 0.6 is 0 Å². The Balaban J connectivity index is 2.09. The second-order valence-corrected chi connectivity index (χ2v) is 4.06. The van der Waals surface area contributed by atoms with Crippen molar-refractivity contribution in [2.45, 2.75) is 0 Å². The molecule has 0 aromatic heterocycles. The Hall–Kier alpha value is -2.52. The highest BCUT2D eigenvalue weighted by Gasteiger charge is 1.96. The average Bonchev–Trinajstić information content (AvgIpc) is 2.46. The van der Waals surface area contributed by atoms with Crippen LogP contribution in [0.25, 0.3) is 10.8 Å². The number of rotatable bonds is 0. The van der Waals surface area contributed by atoms with Crippen molar-refractivity contribution in [2.24, 2.45) is 0 Å². The second-order valence-electron chi connectivity index (χ2n) is 4.06. The summed E-state index contributed by atoms with van der Waals surface area (Å²) in [6.07, 6.45) is 0. The van der Waals surface area contributed by atoms with Crippen molar-refractivity contribution in [1.82, 2.24) is 0 Å². The van der Waals surface area contributed by atoms with Gasteiger partial charge in [-0.25, -0.2) is 0 Å². The van der Waals surface area contributed by atoms with E-state index in [1.165, 1.54) is 5.39 Å². The molecule has 3 aromatic rings. The fourth-order valence-corrected chi connectivity index (χ4v) is 1.92. The number of hydrogen-bond acceptors (Lipinski definition) is 0. The highest BCUT2D eigenvalue weighted by molar-refractivity contribution is 5.87. The highest BCUT2D eigenvalue weighted by atomic mass is 14.0. The molecule has 0 unspecified atom stereocenters. The molecule has 0 saturated carbocycles. The van der Waals surface area contributed by atoms with E-state index in [0.29, 0.717) is 0 Å². The molecule has 3 rings (SSSR count). The standard InChI is InChI=1S/C18H11/c1-2-7-15(8-3-1)13-14-17-11-6-10-16-9-4-5-12-18(16)17/h1-10,12H. The maximum Gasteiger partial charge on any atom is 0.0406 e. The lowest BCUT2D eigenvalue weighted by molar-refractivity contribution is 1.64. The summed E-state index contributed by atoms with van der Waals surface area (Å²) in [4.78, 5) is 0. The Morgan fingerprint density at radius 1 is 0.722 bits per heavy atom. The maximum atomic E-state index is 3.21. The minimum Gasteiger partial charge on any atom is -0.0622 e. The summed E-state index contributed by atoms with van der Waals surface area (Å²) < 4.78 is 0. The molecular formula is C18H11. The molecule has 0 nitrogen and oxygen atoms in total. The van der Waals surface area contributed by atoms with Gasteiger partial charge in [-0.15, -0.1) is 0 Å². The van der Waals surface area contributed by atoms with Crippen LogP contribution in [0, 0.1) is 17.9 Å². The van der Waals surface area contributed by atoms with E-state index >= 15 is 0 Å². The molecular weight excluding hydrogens is 216 g/mol. The molecule has 83 valence electrons. The molecule has 1 radical (unpaired) electrons. The zero-order chi connectivity index (χ0) is 12.2. The summed E-state index contributed by atoms with van der Waals surface area (Å²) in [6.45, 7) is 0. The number of hydrogen-bond donors (Lipinski definition) is 0. The van der Waals surface area contributed by atoms with E-state index in [1.807, 2.05) is 48.5 Å². The van der Waals surface area contributed by atoms with E-state index in [1.54, 1.807) is 0 Å². The van der Waals surface area contributed by atoms with E-state index in [2.05, 4.69) is 36.1 Å². The Morgan fingerprint density at radius 2 is 1.50 bits per heavy atom. The van der Waals surface area contributed by atoms with Gasteiger partial charge in [-0.3, -0.25) is 0 Å². The van der Waals surface area contributed by atoms with E-state index in [-0.39, 0.29) is 0 Å². The van der Waals surface area contributed by atoms with Crippen molar-refractivity contribution in [2.75, 3.05) is 0 Å². The first-order valence-electron chi connectivity index (χ1n) is 5.90. The van der Waals surface area contributed by atoms with E-state index < -0.39 is 0 Å². The van der Waals surface area contributed by atoms with Gasteiger partial charge in [0.25, 0.3) is 0 Å². The summed E-state index contributed by atoms with van der Waals surface area (Å²) in [6, 6.07) is 25.5. The van der Waals surface area contributed by atoms with Crippen LogP contribution < -0.4 is 0 Å². The Labute approximate surface area is 107 Å². The minimum atomic E-state index is 0.956. The van der Waals surface area contributed by atoms with Gasteiger partial charge in [0.05, 0.1) is 0 Å². The van der Waals surface area contributed by atoms with Crippen LogP contribution in [0.3, 0.4) is 0 Å². The molecule has 0 heteroatoms. The highest BCUT2D eigenvalue weighted by Crippen LogP contribution is 2.17. The summed E-state index contributed by atoms with van der Waals surface area (Å²) >= 11 is 0. The first kappa shape index (κ1) is 10.6. The second kappa shape index (κ2) is 4.77. The van der Waals surface area contributed by atoms with Crippen molar-refractivity contribution in [3.63, 3.8) is 0 Å². The lowest BCUT2D eigenvalue weighted by atomic mass is 10.0. The largest absolute Gasteiger partial charge is 0.0622 e. The SMILES string of the molecule is C(#Cc1[c]ccc2ccccc12)c1ccccc1. The van der Waals surface area contributed by atoms with Crippen LogP contribution in [0.15, 0.2) is 66.7 Å². The molecule has 0 aliphatic heterocycles. The molecule has 3 aromatic carbocycles. The fourth-order valence-electron chi connectivity index (χ4n) is 1.92. The third-order valence-corrected chi connectivity index (χ3v) is 2.83. The van der Waals surface area contributed by atoms with Gasteiger partial charge in [-0.2, -0.15) is 0 Å². The maximum absolute atomic E-state index is 3.21. The molecule has 0 spiro atoms. The van der Waals surface area contributed by atoms with Gasteiger partial charge >= 0.3 is 0 Å². The lowest BCUT2D eigenvalue weighted by Gasteiger charge is -1.98. The minimum absolute atomic E-state index is 0.956. The molecule has 0 N–H and O–H groups in total. The van der Waals surface area contributed by atoms with Crippen LogP contribution in [-0.4, -0.2) is 0 Å². The molecule has 0 heterocycles. The molecule has 0 aliphatic carbocycles. The summed E-state index contributed by atoms with van der Waals surface area (Å²) in [5.74, 6) is 6.37. The van der Waals surface area contributed by atoms with Crippen molar-refractivity contribution in [1.29, 1.82) is 0 Å². The van der Waals surface area contributed by atoms with Gasteiger partial charge in [0.1, 0.15) is 0 Å². The Morgan fingerprint density at radius 3 is 2.39 bits per heavy atom. The Kier molecular flexibility index (Phi) is 2.82. The van der Waals surface area contributed by atoms with Crippen molar-refractivity contribution < 1.29 is 0 Å². The van der Waals surface area contributed by atoms with Gasteiger partial charge in [-0.05, 0) is 29.0 Å². The fraction of sp³-hybridized carbons (Fsp3) is 0. The first-order chi connectivity index (χ1) is 8.93. The Bertz CT molecular complexity index is 723. The predicted octanol–water partition coefficient (Wildman–Crippen LogP) is 4.04. The summed E-state index contributed by atoms with van der Waals surface area (Å²) in [5.41, 5.74) is 1.98. The smallest absolute Gasteiger partial charge is 0.0406 e. The molecule has 0 atom stereocenters. The van der Waals surface area contributed by atoms with E-state index in [9.17, 15) is 0 Å². The molecule has 0 bridgehead atoms. The molecule has 0 amide bonds. The zero-order valence-corrected chi connectivity index (χ0v) is 9.85. The normalized spacial score (nSPS) is 9.78. The van der Waals surface area contributed by atoms with E-state index in [0.717, 1.165) is 16.5 Å². The van der Waals surface area contributed by atoms with Crippen LogP contribution in [0.5, 0.6) is 0 Å². The van der Waals surface area contributed by atoms with Crippen molar-refractivity contribution in [3.05, 3.63) is 83.9 Å². The van der Waals surface area contributed by atoms with Crippen LogP contribution in [0.2, 0.25) is 0 Å². The lowest BCUT2D eigenvalue weighted by Crippen LogP contribution is -1.80. The summed E-state index contributed by atoms with van der Waals surface area (Å²) in [5, 5.41) is 2.36. The molecule has 0 fully saturated rings. The van der Waals surface area contributed by atoms with Gasteiger partial charge < -0.3 is 0 Å². The topological polar surface area (TPSA) is 0 Å². The van der Waals surface area contributed by atoms with Crippen LogP contribution in [0.1, 0.15) is 11.1 Å². The average molecular weight is 227 g/mol. The molecule has 0 saturated heterocycles. The third-order valence-electron chi connectivity index (χ3n) is 2.83. The predicted molar refractivity (Wildman–Crippen MR) is 75.2 cm³/mol. The quantitative estimate of drug-likeness (QED) is 0.508. The molecule has 18 heavy (non-hydrogen) atoms. The van der Waals surface area contributed by atoms with Crippen molar-refractivity contribution in [3.8, 4) is 11.8 Å². The monoisotopic (exact) mass is 227 g/mol. The zero-order valence-electron chi connectivity index (χ0n) is 9.85. The number of fused-ring (bicyclic) bond motifs is 1. The summed E-state index contributed by atoms with van der Waals surface area (Å²) in [7, 11) is 0. The van der Waals surface area contributed by atoms with Crippen LogP contribution in [0.4, 0.5) is 0 Å². The van der Waals surface area contributed by atoms with Gasteiger partial charge in [0.2, 0.25) is 0 Å². The van der Waals surface area contributed by atoms with Gasteiger partial charge in [0.15, 0.2) is 0 Å². The number of benzene rings is 3. The van der Waals surface area contributed by atoms with E-state index in [4.69, 9.17) is 0 Å². The van der Waals surface area contributed by atoms with Crippen LogP contribution in [-0.2, 0) is 0 Å². The van der Waals surface area contributed by atoms with Gasteiger partial charge in [-0.1, -0.05) is 66.4 Å². The van der Waals surface area contributed by atoms with Gasteiger partial charge in [0, 0.05) is 11.1 Å². The molecule has 0 aliphatic rings.